The number of nitrogens with zero attached hydrogens (tertiary/aromatic N) is 4. The lowest BCUT2D eigenvalue weighted by atomic mass is 10.1. The summed E-state index contributed by atoms with van der Waals surface area (Å²) in [7, 11) is 0. The van der Waals surface area contributed by atoms with Gasteiger partial charge in [-0.2, -0.15) is 4.68 Å². The van der Waals surface area contributed by atoms with Crippen molar-refractivity contribution < 1.29 is 0 Å². The molecule has 0 aliphatic rings. The van der Waals surface area contributed by atoms with Crippen molar-refractivity contribution in [3.63, 3.8) is 0 Å². The van der Waals surface area contributed by atoms with Gasteiger partial charge in [0.25, 0.3) is 0 Å². The number of anilines is 1. The van der Waals surface area contributed by atoms with Crippen molar-refractivity contribution in [1.29, 1.82) is 0 Å². The lowest BCUT2D eigenvalue weighted by Crippen LogP contribution is -2.10. The zero-order chi connectivity index (χ0) is 15.4. The number of aromatic nitrogens is 4. The molecule has 0 spiro atoms. The number of hydrogen-bond donors (Lipinski definition) is 1. The van der Waals surface area contributed by atoms with E-state index in [1.165, 1.54) is 16.8 Å². The predicted molar refractivity (Wildman–Crippen MR) is 87.0 cm³/mol. The summed E-state index contributed by atoms with van der Waals surface area (Å²) in [5, 5.41) is 15.5. The van der Waals surface area contributed by atoms with Crippen molar-refractivity contribution in [2.24, 2.45) is 0 Å². The predicted octanol–water partition coefficient (Wildman–Crippen LogP) is 3.15. The second kappa shape index (κ2) is 6.39. The summed E-state index contributed by atoms with van der Waals surface area (Å²) in [6, 6.07) is 16.3. The number of benzene rings is 2. The molecule has 3 aromatic rings. The monoisotopic (exact) mass is 293 g/mol. The lowest BCUT2D eigenvalue weighted by Gasteiger charge is -2.13. The minimum Gasteiger partial charge on any atom is -0.377 e. The standard InChI is InChI=1S/C17H19N5/c1-3-14-9-7-8-13(2)17(14)18-12-16-19-20-21-22(16)15-10-5-4-6-11-15/h4-11,18H,3,12H2,1-2H3. The molecule has 0 aliphatic carbocycles. The Labute approximate surface area is 130 Å². The first-order chi connectivity index (χ1) is 10.8. The zero-order valence-electron chi connectivity index (χ0n) is 12.8. The highest BCUT2D eigenvalue weighted by molar-refractivity contribution is 5.57. The van der Waals surface area contributed by atoms with E-state index in [4.69, 9.17) is 0 Å². The molecule has 0 unspecified atom stereocenters. The highest BCUT2D eigenvalue weighted by atomic mass is 15.5. The molecule has 1 aromatic heterocycles. The van der Waals surface area contributed by atoms with Gasteiger partial charge in [0.2, 0.25) is 0 Å². The topological polar surface area (TPSA) is 55.6 Å². The van der Waals surface area contributed by atoms with E-state index in [2.05, 4.69) is 52.9 Å². The number of tetrazole rings is 1. The third kappa shape index (κ3) is 2.83. The second-order valence-electron chi connectivity index (χ2n) is 5.16. The van der Waals surface area contributed by atoms with Crippen molar-refractivity contribution in [3.05, 3.63) is 65.5 Å². The fourth-order valence-corrected chi connectivity index (χ4v) is 2.53. The Bertz CT molecular complexity index is 749. The quantitative estimate of drug-likeness (QED) is 0.785. The third-order valence-corrected chi connectivity index (χ3v) is 3.70. The van der Waals surface area contributed by atoms with Crippen LogP contribution in [0.4, 0.5) is 5.69 Å². The zero-order valence-corrected chi connectivity index (χ0v) is 12.8. The van der Waals surface area contributed by atoms with Crippen molar-refractivity contribution in [2.75, 3.05) is 5.32 Å². The van der Waals surface area contributed by atoms with Gasteiger partial charge < -0.3 is 5.32 Å². The summed E-state index contributed by atoms with van der Waals surface area (Å²) >= 11 is 0. The lowest BCUT2D eigenvalue weighted by molar-refractivity contribution is 0.768. The summed E-state index contributed by atoms with van der Waals surface area (Å²) in [5.41, 5.74) is 4.68. The summed E-state index contributed by atoms with van der Waals surface area (Å²) in [6.07, 6.45) is 0.994. The molecule has 0 saturated carbocycles. The highest BCUT2D eigenvalue weighted by Crippen LogP contribution is 2.21. The maximum absolute atomic E-state index is 4.13. The van der Waals surface area contributed by atoms with E-state index in [0.717, 1.165) is 17.9 Å². The van der Waals surface area contributed by atoms with Crippen LogP contribution in [0.5, 0.6) is 0 Å². The van der Waals surface area contributed by atoms with Crippen LogP contribution in [0, 0.1) is 6.92 Å². The Balaban J connectivity index is 1.83. The first-order valence-corrected chi connectivity index (χ1v) is 7.44. The third-order valence-electron chi connectivity index (χ3n) is 3.70. The van der Waals surface area contributed by atoms with Gasteiger partial charge in [-0.05, 0) is 47.0 Å². The number of nitrogens with one attached hydrogen (secondary N) is 1. The van der Waals surface area contributed by atoms with Gasteiger partial charge in [0, 0.05) is 5.69 Å². The molecule has 0 fully saturated rings. The average Bonchev–Trinajstić information content (AvgIpc) is 3.03. The number of para-hydroxylation sites is 2. The molecule has 1 heterocycles. The Kier molecular flexibility index (Phi) is 4.14. The average molecular weight is 293 g/mol. The van der Waals surface area contributed by atoms with Crippen LogP contribution in [0.15, 0.2) is 48.5 Å². The maximum Gasteiger partial charge on any atom is 0.175 e. The molecule has 1 N–H and O–H groups in total. The number of hydrogen-bond acceptors (Lipinski definition) is 4. The van der Waals surface area contributed by atoms with Gasteiger partial charge in [0.15, 0.2) is 5.82 Å². The van der Waals surface area contributed by atoms with E-state index in [0.29, 0.717) is 6.54 Å². The van der Waals surface area contributed by atoms with Crippen LogP contribution in [0.25, 0.3) is 5.69 Å². The first-order valence-electron chi connectivity index (χ1n) is 7.44. The van der Waals surface area contributed by atoms with Crippen molar-refractivity contribution in [3.8, 4) is 5.69 Å². The molecule has 0 aliphatic heterocycles. The molecule has 0 amide bonds. The Hall–Kier alpha value is -2.69. The van der Waals surface area contributed by atoms with Crippen LogP contribution in [0.2, 0.25) is 0 Å². The summed E-state index contributed by atoms with van der Waals surface area (Å²) in [5.74, 6) is 0.788. The van der Waals surface area contributed by atoms with Crippen LogP contribution < -0.4 is 5.32 Å². The van der Waals surface area contributed by atoms with Crippen molar-refractivity contribution in [2.45, 2.75) is 26.8 Å². The van der Waals surface area contributed by atoms with Crippen molar-refractivity contribution >= 4 is 5.69 Å². The minimum absolute atomic E-state index is 0.583. The molecule has 0 saturated heterocycles. The fourth-order valence-electron chi connectivity index (χ4n) is 2.53. The van der Waals surface area contributed by atoms with E-state index >= 15 is 0 Å². The molecule has 5 nitrogen and oxygen atoms in total. The summed E-state index contributed by atoms with van der Waals surface area (Å²) in [6.45, 7) is 4.86. The first kappa shape index (κ1) is 14.3. The van der Waals surface area contributed by atoms with Crippen LogP contribution in [-0.4, -0.2) is 20.2 Å². The minimum atomic E-state index is 0.583. The fraction of sp³-hybridized carbons (Fsp3) is 0.235. The van der Waals surface area contributed by atoms with Crippen LogP contribution >= 0.6 is 0 Å². The molecule has 2 aromatic carbocycles. The van der Waals surface area contributed by atoms with Gasteiger partial charge in [-0.3, -0.25) is 0 Å². The summed E-state index contributed by atoms with van der Waals surface area (Å²) < 4.78 is 1.76. The largest absolute Gasteiger partial charge is 0.377 e. The molecule has 3 rings (SSSR count). The van der Waals surface area contributed by atoms with Gasteiger partial charge in [-0.25, -0.2) is 0 Å². The van der Waals surface area contributed by atoms with Crippen LogP contribution in [0.1, 0.15) is 23.9 Å². The molecular formula is C17H19N5. The highest BCUT2D eigenvalue weighted by Gasteiger charge is 2.09. The van der Waals surface area contributed by atoms with Crippen LogP contribution in [-0.2, 0) is 13.0 Å². The molecule has 0 atom stereocenters. The number of aryl methyl sites for hydroxylation is 2. The SMILES string of the molecule is CCc1cccc(C)c1NCc1nnnn1-c1ccccc1. The molecular weight excluding hydrogens is 274 g/mol. The normalized spacial score (nSPS) is 10.6. The number of rotatable bonds is 5. The molecule has 22 heavy (non-hydrogen) atoms. The van der Waals surface area contributed by atoms with Gasteiger partial charge in [0.05, 0.1) is 12.2 Å². The van der Waals surface area contributed by atoms with Gasteiger partial charge in [-0.1, -0.05) is 43.3 Å². The molecule has 0 radical (unpaired) electrons. The molecule has 112 valence electrons. The van der Waals surface area contributed by atoms with Crippen LogP contribution in [0.3, 0.4) is 0 Å². The maximum atomic E-state index is 4.13. The Morgan fingerprint density at radius 2 is 1.86 bits per heavy atom. The van der Waals surface area contributed by atoms with E-state index in [-0.39, 0.29) is 0 Å². The van der Waals surface area contributed by atoms with Gasteiger partial charge in [-0.15, -0.1) is 5.10 Å². The van der Waals surface area contributed by atoms with Crippen molar-refractivity contribution in [1.82, 2.24) is 20.2 Å². The smallest absolute Gasteiger partial charge is 0.175 e. The Morgan fingerprint density at radius 3 is 2.64 bits per heavy atom. The van der Waals surface area contributed by atoms with E-state index < -0.39 is 0 Å². The van der Waals surface area contributed by atoms with Gasteiger partial charge >= 0.3 is 0 Å². The molecule has 5 heteroatoms. The van der Waals surface area contributed by atoms with Gasteiger partial charge in [0.1, 0.15) is 0 Å². The van der Waals surface area contributed by atoms with E-state index in [1.807, 2.05) is 30.3 Å². The summed E-state index contributed by atoms with van der Waals surface area (Å²) in [4.78, 5) is 0. The van der Waals surface area contributed by atoms with E-state index in [9.17, 15) is 0 Å². The Morgan fingerprint density at radius 1 is 1.05 bits per heavy atom. The second-order valence-corrected chi connectivity index (χ2v) is 5.16. The van der Waals surface area contributed by atoms with E-state index in [1.54, 1.807) is 4.68 Å². The molecule has 0 bridgehead atoms.